The van der Waals surface area contributed by atoms with Gasteiger partial charge in [0, 0.05) is 7.11 Å². The second-order valence-electron chi connectivity index (χ2n) is 7.94. The van der Waals surface area contributed by atoms with Gasteiger partial charge in [-0.25, -0.2) is 4.39 Å². The largest absolute Gasteiger partial charge is 0.379 e. The van der Waals surface area contributed by atoms with E-state index in [2.05, 4.69) is 20.8 Å². The third-order valence-corrected chi connectivity index (χ3v) is 5.57. The van der Waals surface area contributed by atoms with Gasteiger partial charge in [0.25, 0.3) is 0 Å². The summed E-state index contributed by atoms with van der Waals surface area (Å²) in [4.78, 5) is 0. The van der Waals surface area contributed by atoms with Crippen LogP contribution in [-0.2, 0) is 11.2 Å². The van der Waals surface area contributed by atoms with E-state index in [1.54, 1.807) is 12.1 Å². The minimum atomic E-state index is -0.126. The fourth-order valence-electron chi connectivity index (χ4n) is 3.59. The molecule has 0 aliphatic carbocycles. The zero-order valence-electron chi connectivity index (χ0n) is 17.0. The molecule has 144 valence electrons. The summed E-state index contributed by atoms with van der Waals surface area (Å²) >= 11 is 0. The van der Waals surface area contributed by atoms with Gasteiger partial charge in [-0.1, -0.05) is 64.0 Å². The number of hydrogen-bond donors (Lipinski definition) is 0. The smallest absolute Gasteiger partial charge is 0.123 e. The molecule has 1 nitrogen and oxygen atoms in total. The van der Waals surface area contributed by atoms with Crippen LogP contribution < -0.4 is 0 Å². The molecule has 1 unspecified atom stereocenters. The van der Waals surface area contributed by atoms with Gasteiger partial charge in [-0.05, 0) is 63.1 Å². The van der Waals surface area contributed by atoms with Gasteiger partial charge in [0.1, 0.15) is 5.82 Å². The van der Waals surface area contributed by atoms with Gasteiger partial charge in [-0.3, -0.25) is 0 Å². The van der Waals surface area contributed by atoms with Gasteiger partial charge < -0.3 is 4.74 Å². The predicted molar refractivity (Wildman–Crippen MR) is 107 cm³/mol. The highest BCUT2D eigenvalue weighted by atomic mass is 19.1. The van der Waals surface area contributed by atoms with Gasteiger partial charge in [-0.2, -0.15) is 0 Å². The zero-order valence-corrected chi connectivity index (χ0v) is 17.0. The van der Waals surface area contributed by atoms with E-state index >= 15 is 0 Å². The van der Waals surface area contributed by atoms with Gasteiger partial charge >= 0.3 is 0 Å². The van der Waals surface area contributed by atoms with E-state index in [-0.39, 0.29) is 11.4 Å². The molecule has 0 aliphatic rings. The lowest BCUT2D eigenvalue weighted by atomic mass is 9.82. The molecule has 1 atom stereocenters. The summed E-state index contributed by atoms with van der Waals surface area (Å²) in [6.45, 7) is 6.71. The lowest BCUT2D eigenvalue weighted by Gasteiger charge is -2.33. The molecule has 0 bridgehead atoms. The van der Waals surface area contributed by atoms with Crippen LogP contribution in [-0.4, -0.2) is 12.7 Å². The lowest BCUT2D eigenvalue weighted by Crippen LogP contribution is -2.33. The summed E-state index contributed by atoms with van der Waals surface area (Å²) in [5, 5.41) is 0. The number of rotatable bonds is 14. The van der Waals surface area contributed by atoms with Crippen LogP contribution in [0.25, 0.3) is 0 Å². The number of unbranched alkanes of at least 4 members (excludes halogenated alkanes) is 6. The van der Waals surface area contributed by atoms with Crippen LogP contribution in [0.15, 0.2) is 24.3 Å². The van der Waals surface area contributed by atoms with Crippen LogP contribution in [0, 0.1) is 11.7 Å². The maximum atomic E-state index is 13.2. The van der Waals surface area contributed by atoms with Gasteiger partial charge in [0.2, 0.25) is 0 Å². The van der Waals surface area contributed by atoms with E-state index in [4.69, 9.17) is 4.74 Å². The first kappa shape index (κ1) is 22.2. The molecule has 0 aliphatic heterocycles. The molecule has 1 rings (SSSR count). The monoisotopic (exact) mass is 350 g/mol. The third kappa shape index (κ3) is 9.39. The summed E-state index contributed by atoms with van der Waals surface area (Å²) in [5.41, 5.74) is 1.06. The summed E-state index contributed by atoms with van der Waals surface area (Å²) in [6, 6.07) is 7.00. The number of aryl methyl sites for hydroxylation is 1. The second-order valence-corrected chi connectivity index (χ2v) is 7.94. The molecule has 0 saturated heterocycles. The number of ether oxygens (including phenoxy) is 1. The number of halogens is 1. The van der Waals surface area contributed by atoms with E-state index in [0.717, 1.165) is 18.4 Å². The molecule has 0 radical (unpaired) electrons. The van der Waals surface area contributed by atoms with Crippen LogP contribution in [0.1, 0.15) is 90.5 Å². The molecule has 25 heavy (non-hydrogen) atoms. The van der Waals surface area contributed by atoms with Crippen LogP contribution in [0.3, 0.4) is 0 Å². The van der Waals surface area contributed by atoms with Crippen LogP contribution in [0.2, 0.25) is 0 Å². The quantitative estimate of drug-likeness (QED) is 0.319. The van der Waals surface area contributed by atoms with Crippen molar-refractivity contribution in [3.8, 4) is 0 Å². The molecule has 0 N–H and O–H groups in total. The molecule has 0 heterocycles. The van der Waals surface area contributed by atoms with Crippen LogP contribution in [0.5, 0.6) is 0 Å². The highest BCUT2D eigenvalue weighted by Gasteiger charge is 2.28. The Hall–Kier alpha value is -0.890. The molecule has 0 fully saturated rings. The van der Waals surface area contributed by atoms with Gasteiger partial charge in [0.05, 0.1) is 5.60 Å². The van der Waals surface area contributed by atoms with E-state index in [9.17, 15) is 4.39 Å². The third-order valence-electron chi connectivity index (χ3n) is 5.57. The Balaban J connectivity index is 2.33. The van der Waals surface area contributed by atoms with Crippen molar-refractivity contribution in [3.05, 3.63) is 35.6 Å². The van der Waals surface area contributed by atoms with Crippen molar-refractivity contribution in [2.75, 3.05) is 7.11 Å². The first-order chi connectivity index (χ1) is 12.0. The molecule has 1 aromatic rings. The normalized spacial score (nSPS) is 13.2. The maximum Gasteiger partial charge on any atom is 0.123 e. The number of benzene rings is 1. The van der Waals surface area contributed by atoms with E-state index in [1.165, 1.54) is 63.9 Å². The molecule has 2 heteroatoms. The van der Waals surface area contributed by atoms with E-state index < -0.39 is 0 Å². The van der Waals surface area contributed by atoms with Crippen molar-refractivity contribution < 1.29 is 9.13 Å². The van der Waals surface area contributed by atoms with E-state index in [0.29, 0.717) is 5.92 Å². The SMILES string of the molecule is CCCCCCCCC(CCCCc1cccc(F)c1)C(C)(C)OC. The maximum absolute atomic E-state index is 13.2. The van der Waals surface area contributed by atoms with Crippen molar-refractivity contribution in [2.45, 2.75) is 97.0 Å². The fourth-order valence-corrected chi connectivity index (χ4v) is 3.59. The van der Waals surface area contributed by atoms with Crippen molar-refractivity contribution in [1.82, 2.24) is 0 Å². The average molecular weight is 351 g/mol. The Kier molecular flexibility index (Phi) is 11.0. The summed E-state index contributed by atoms with van der Waals surface area (Å²) in [5.74, 6) is 0.482. The van der Waals surface area contributed by atoms with Crippen molar-refractivity contribution >= 4 is 0 Å². The number of hydrogen-bond acceptors (Lipinski definition) is 1. The summed E-state index contributed by atoms with van der Waals surface area (Å²) in [6.07, 6.45) is 13.8. The molecular weight excluding hydrogens is 311 g/mol. The van der Waals surface area contributed by atoms with Crippen LogP contribution in [0.4, 0.5) is 4.39 Å². The molecular formula is C23H39FO. The molecule has 0 saturated carbocycles. The average Bonchev–Trinajstić information content (AvgIpc) is 2.59. The Labute approximate surface area is 155 Å². The Morgan fingerprint density at radius 1 is 0.960 bits per heavy atom. The topological polar surface area (TPSA) is 9.23 Å². The van der Waals surface area contributed by atoms with Gasteiger partial charge in [0.15, 0.2) is 0 Å². The molecule has 1 aromatic carbocycles. The van der Waals surface area contributed by atoms with Crippen LogP contribution >= 0.6 is 0 Å². The Morgan fingerprint density at radius 3 is 2.24 bits per heavy atom. The first-order valence-electron chi connectivity index (χ1n) is 10.3. The minimum absolute atomic E-state index is 0.0533. The Bertz CT molecular complexity index is 455. The summed E-state index contributed by atoms with van der Waals surface area (Å²) in [7, 11) is 1.83. The number of methoxy groups -OCH3 is 1. The zero-order chi connectivity index (χ0) is 18.5. The highest BCUT2D eigenvalue weighted by molar-refractivity contribution is 5.16. The second kappa shape index (κ2) is 12.5. The molecule has 0 amide bonds. The van der Waals surface area contributed by atoms with E-state index in [1.807, 2.05) is 13.2 Å². The Morgan fingerprint density at radius 2 is 1.60 bits per heavy atom. The molecule has 0 spiro atoms. The first-order valence-corrected chi connectivity index (χ1v) is 10.3. The fraction of sp³-hybridized carbons (Fsp3) is 0.739. The summed E-state index contributed by atoms with van der Waals surface area (Å²) < 4.78 is 19.0. The van der Waals surface area contributed by atoms with Crippen molar-refractivity contribution in [1.29, 1.82) is 0 Å². The van der Waals surface area contributed by atoms with Crippen molar-refractivity contribution in [3.63, 3.8) is 0 Å². The highest BCUT2D eigenvalue weighted by Crippen LogP contribution is 2.31. The predicted octanol–water partition coefficient (Wildman–Crippen LogP) is 7.33. The lowest BCUT2D eigenvalue weighted by molar-refractivity contribution is -0.0352. The molecule has 0 aromatic heterocycles. The van der Waals surface area contributed by atoms with Crippen molar-refractivity contribution in [2.24, 2.45) is 5.92 Å². The van der Waals surface area contributed by atoms with Gasteiger partial charge in [-0.15, -0.1) is 0 Å². The minimum Gasteiger partial charge on any atom is -0.379 e. The standard InChI is InChI=1S/C23H39FO/c1-5-6-7-8-9-10-16-21(23(2,3)25-4)17-12-11-14-20-15-13-18-22(24)19-20/h13,15,18-19,21H,5-12,14,16-17H2,1-4H3.